The molecule has 0 aromatic heterocycles. The summed E-state index contributed by atoms with van der Waals surface area (Å²) in [5.74, 6) is -2.48. The third kappa shape index (κ3) is 28.1. The average Bonchev–Trinajstić information content (AvgIpc) is 3.19. The number of carbonyl (C=O) groups excluding carboxylic acids is 2. The first-order valence-corrected chi connectivity index (χ1v) is 21.8. The maximum atomic E-state index is 12.7. The van der Waals surface area contributed by atoms with Crippen LogP contribution in [0.25, 0.3) is 0 Å². The second kappa shape index (κ2) is 36.0. The van der Waals surface area contributed by atoms with Crippen molar-refractivity contribution in [2.24, 2.45) is 0 Å². The molecule has 11 heteroatoms. The van der Waals surface area contributed by atoms with Crippen molar-refractivity contribution >= 4 is 17.9 Å². The van der Waals surface area contributed by atoms with Gasteiger partial charge in [-0.1, -0.05) is 139 Å². The highest BCUT2D eigenvalue weighted by molar-refractivity contribution is 5.73. The summed E-state index contributed by atoms with van der Waals surface area (Å²) >= 11 is 0. The third-order valence-corrected chi connectivity index (χ3v) is 9.58. The molecule has 1 fully saturated rings. The number of allylic oxidation sites excluding steroid dienone is 10. The minimum Gasteiger partial charge on any atom is -0.479 e. The van der Waals surface area contributed by atoms with E-state index in [-0.39, 0.29) is 19.4 Å². The van der Waals surface area contributed by atoms with Crippen LogP contribution in [0.2, 0.25) is 0 Å². The van der Waals surface area contributed by atoms with Crippen molar-refractivity contribution in [3.63, 3.8) is 0 Å². The van der Waals surface area contributed by atoms with Gasteiger partial charge in [-0.25, -0.2) is 4.79 Å². The number of unbranched alkanes of at least 4 members (excludes halogenated alkanes) is 14. The number of hydrogen-bond acceptors (Lipinski definition) is 10. The standard InChI is InChI=1S/C46H76O11/c1-3-5-7-9-11-13-15-16-17-18-19-20-21-22-23-24-25-27-28-30-32-34-39(47)54-36-38(37-55-46-43(51)41(49)42(50)44(57-46)45(52)53)56-40(48)35-33-31-29-26-14-12-10-8-6-4-2/h5,7-8,10-11,13,16-17,19-20,38,41-44,46,49-51H,3-4,6,9,12,14-15,18,21-37H2,1-2H3,(H,52,53)/b7-5-,10-8-,13-11-,17-16-,20-19-. The zero-order valence-corrected chi connectivity index (χ0v) is 35.1. The summed E-state index contributed by atoms with van der Waals surface area (Å²) in [6, 6.07) is 0. The van der Waals surface area contributed by atoms with Gasteiger partial charge in [-0.2, -0.15) is 0 Å². The molecular weight excluding hydrogens is 728 g/mol. The van der Waals surface area contributed by atoms with Gasteiger partial charge in [0.05, 0.1) is 6.61 Å². The number of esters is 2. The van der Waals surface area contributed by atoms with Crippen molar-refractivity contribution < 1.29 is 53.8 Å². The Bertz CT molecular complexity index is 1180. The first-order valence-electron chi connectivity index (χ1n) is 21.8. The minimum atomic E-state index is -1.86. The van der Waals surface area contributed by atoms with Crippen molar-refractivity contribution in [3.05, 3.63) is 60.8 Å². The van der Waals surface area contributed by atoms with Crippen LogP contribution in [0.15, 0.2) is 60.8 Å². The van der Waals surface area contributed by atoms with E-state index in [4.69, 9.17) is 18.9 Å². The highest BCUT2D eigenvalue weighted by Crippen LogP contribution is 2.23. The van der Waals surface area contributed by atoms with E-state index >= 15 is 0 Å². The van der Waals surface area contributed by atoms with Crippen molar-refractivity contribution in [1.82, 2.24) is 0 Å². The van der Waals surface area contributed by atoms with Crippen molar-refractivity contribution in [3.8, 4) is 0 Å². The molecule has 0 radical (unpaired) electrons. The van der Waals surface area contributed by atoms with Crippen LogP contribution in [0.5, 0.6) is 0 Å². The third-order valence-electron chi connectivity index (χ3n) is 9.58. The lowest BCUT2D eigenvalue weighted by atomic mass is 9.99. The first kappa shape index (κ1) is 51.9. The number of aliphatic hydroxyl groups is 3. The van der Waals surface area contributed by atoms with E-state index in [9.17, 15) is 34.8 Å². The molecule has 11 nitrogen and oxygen atoms in total. The number of hydrogen-bond donors (Lipinski definition) is 4. The zero-order valence-electron chi connectivity index (χ0n) is 35.1. The summed E-state index contributed by atoms with van der Waals surface area (Å²) < 4.78 is 21.7. The van der Waals surface area contributed by atoms with E-state index < -0.39 is 61.3 Å². The van der Waals surface area contributed by atoms with Gasteiger partial charge in [-0.15, -0.1) is 0 Å². The fourth-order valence-corrected chi connectivity index (χ4v) is 6.16. The second-order valence-corrected chi connectivity index (χ2v) is 14.8. The Labute approximate surface area is 343 Å². The van der Waals surface area contributed by atoms with Crippen LogP contribution in [0.4, 0.5) is 0 Å². The molecule has 0 bridgehead atoms. The average molecular weight is 805 g/mol. The Balaban J connectivity index is 2.33. The largest absolute Gasteiger partial charge is 0.479 e. The summed E-state index contributed by atoms with van der Waals surface area (Å²) in [4.78, 5) is 36.7. The van der Waals surface area contributed by atoms with Crippen molar-refractivity contribution in [2.75, 3.05) is 13.2 Å². The SMILES string of the molecule is CC/C=C\C/C=C\C/C=C\C/C=C\CCCCCCCCCCC(=O)OCC(COC1OC(C(=O)O)C(O)C(O)C1O)OC(=O)CCCCCCC/C=C\CCC. The normalized spacial score (nSPS) is 20.8. The Kier molecular flexibility index (Phi) is 32.8. The topological polar surface area (TPSA) is 169 Å². The molecule has 0 aromatic rings. The van der Waals surface area contributed by atoms with Crippen LogP contribution in [-0.4, -0.2) is 88.4 Å². The van der Waals surface area contributed by atoms with Crippen molar-refractivity contribution in [1.29, 1.82) is 0 Å². The lowest BCUT2D eigenvalue weighted by Crippen LogP contribution is -2.60. The molecule has 1 aliphatic heterocycles. The lowest BCUT2D eigenvalue weighted by molar-refractivity contribution is -0.298. The van der Waals surface area contributed by atoms with Gasteiger partial charge in [0.2, 0.25) is 0 Å². The van der Waals surface area contributed by atoms with Crippen LogP contribution >= 0.6 is 0 Å². The summed E-state index contributed by atoms with van der Waals surface area (Å²) in [6.07, 6.45) is 34.3. The van der Waals surface area contributed by atoms with Gasteiger partial charge in [0.15, 0.2) is 18.5 Å². The highest BCUT2D eigenvalue weighted by Gasteiger charge is 2.47. The molecule has 6 atom stereocenters. The van der Waals surface area contributed by atoms with E-state index in [1.807, 2.05) is 0 Å². The fraction of sp³-hybridized carbons (Fsp3) is 0.717. The molecule has 1 aliphatic rings. The molecule has 0 saturated carbocycles. The van der Waals surface area contributed by atoms with Gasteiger partial charge < -0.3 is 39.4 Å². The molecule has 0 amide bonds. The van der Waals surface area contributed by atoms with Gasteiger partial charge in [-0.05, 0) is 70.6 Å². The number of carboxylic acid groups (broad SMARTS) is 1. The molecule has 57 heavy (non-hydrogen) atoms. The smallest absolute Gasteiger partial charge is 0.335 e. The summed E-state index contributed by atoms with van der Waals surface area (Å²) in [5.41, 5.74) is 0. The Morgan fingerprint density at radius 3 is 1.58 bits per heavy atom. The molecule has 4 N–H and O–H groups in total. The number of aliphatic carboxylic acids is 1. The predicted molar refractivity (Wildman–Crippen MR) is 224 cm³/mol. The molecule has 1 rings (SSSR count). The number of rotatable bonds is 35. The van der Waals surface area contributed by atoms with Gasteiger partial charge >= 0.3 is 17.9 Å². The van der Waals surface area contributed by atoms with Crippen LogP contribution in [0.1, 0.15) is 162 Å². The van der Waals surface area contributed by atoms with Gasteiger partial charge in [-0.3, -0.25) is 9.59 Å². The van der Waals surface area contributed by atoms with Crippen LogP contribution < -0.4 is 0 Å². The lowest BCUT2D eigenvalue weighted by Gasteiger charge is -2.38. The minimum absolute atomic E-state index is 0.167. The van der Waals surface area contributed by atoms with Gasteiger partial charge in [0.25, 0.3) is 0 Å². The van der Waals surface area contributed by atoms with Crippen molar-refractivity contribution in [2.45, 2.75) is 198 Å². The first-order chi connectivity index (χ1) is 27.7. The summed E-state index contributed by atoms with van der Waals surface area (Å²) in [7, 11) is 0. The van der Waals surface area contributed by atoms with Gasteiger partial charge in [0.1, 0.15) is 24.9 Å². The number of aliphatic hydroxyl groups excluding tert-OH is 3. The Hall–Kier alpha value is -3.09. The highest BCUT2D eigenvalue weighted by atomic mass is 16.7. The number of carboxylic acids is 1. The van der Waals surface area contributed by atoms with E-state index in [0.29, 0.717) is 12.8 Å². The Morgan fingerprint density at radius 2 is 1.04 bits per heavy atom. The van der Waals surface area contributed by atoms with E-state index in [1.54, 1.807) is 0 Å². The van der Waals surface area contributed by atoms with Gasteiger partial charge in [0, 0.05) is 12.8 Å². The molecule has 6 unspecified atom stereocenters. The maximum absolute atomic E-state index is 12.7. The fourth-order valence-electron chi connectivity index (χ4n) is 6.16. The number of carbonyl (C=O) groups is 3. The summed E-state index contributed by atoms with van der Waals surface area (Å²) in [5, 5.41) is 39.7. The molecule has 0 aliphatic carbocycles. The van der Waals surface area contributed by atoms with E-state index in [1.165, 1.54) is 25.7 Å². The van der Waals surface area contributed by atoms with Crippen LogP contribution in [0, 0.1) is 0 Å². The molecule has 0 aromatic carbocycles. The second-order valence-electron chi connectivity index (χ2n) is 14.8. The van der Waals surface area contributed by atoms with E-state index in [2.05, 4.69) is 74.6 Å². The molecular formula is C46H76O11. The predicted octanol–water partition coefficient (Wildman–Crippen LogP) is 9.14. The van der Waals surface area contributed by atoms with Crippen LogP contribution in [0.3, 0.4) is 0 Å². The number of ether oxygens (including phenoxy) is 4. The molecule has 326 valence electrons. The summed E-state index contributed by atoms with van der Waals surface area (Å²) in [6.45, 7) is 3.60. The quantitative estimate of drug-likeness (QED) is 0.0274. The zero-order chi connectivity index (χ0) is 41.8. The molecule has 0 spiro atoms. The molecule has 1 heterocycles. The molecule has 1 saturated heterocycles. The monoisotopic (exact) mass is 805 g/mol. The Morgan fingerprint density at radius 1 is 0.561 bits per heavy atom. The van der Waals surface area contributed by atoms with Crippen LogP contribution in [-0.2, 0) is 33.3 Å². The van der Waals surface area contributed by atoms with E-state index in [0.717, 1.165) is 96.3 Å². The maximum Gasteiger partial charge on any atom is 0.335 e.